The fraction of sp³-hybridized carbons (Fsp3) is 0.478. The van der Waals surface area contributed by atoms with E-state index in [2.05, 4.69) is 10.6 Å². The lowest BCUT2D eigenvalue weighted by molar-refractivity contribution is -0.146. The van der Waals surface area contributed by atoms with Crippen molar-refractivity contribution >= 4 is 39.8 Å². The number of aliphatic hydroxyl groups is 1. The highest BCUT2D eigenvalue weighted by atomic mass is 35.5. The predicted molar refractivity (Wildman–Crippen MR) is 122 cm³/mol. The topological polar surface area (TPSA) is 98.7 Å². The number of carbonyl (C=O) groups excluding carboxylic acids is 1. The number of amides is 1. The Morgan fingerprint density at radius 1 is 1.19 bits per heavy atom. The Morgan fingerprint density at radius 2 is 2.00 bits per heavy atom. The predicted octanol–water partition coefficient (Wildman–Crippen LogP) is 4.44. The van der Waals surface area contributed by atoms with Crippen LogP contribution in [0.4, 0.5) is 5.00 Å². The Kier molecular flexibility index (Phi) is 6.84. The van der Waals surface area contributed by atoms with Gasteiger partial charge in [0.25, 0.3) is 5.91 Å². The zero-order valence-electron chi connectivity index (χ0n) is 17.2. The minimum absolute atomic E-state index is 0.187. The van der Waals surface area contributed by atoms with Crippen LogP contribution in [0.1, 0.15) is 58.5 Å². The maximum atomic E-state index is 13.1. The van der Waals surface area contributed by atoms with Gasteiger partial charge in [-0.1, -0.05) is 36.6 Å². The van der Waals surface area contributed by atoms with Gasteiger partial charge in [0.15, 0.2) is 0 Å². The molecule has 0 saturated heterocycles. The summed E-state index contributed by atoms with van der Waals surface area (Å²) in [5.41, 5.74) is 2.54. The molecule has 6 nitrogen and oxygen atoms in total. The molecule has 1 aromatic heterocycles. The van der Waals surface area contributed by atoms with E-state index in [9.17, 15) is 19.8 Å². The number of aliphatic hydroxyl groups excluding tert-OH is 1. The third-order valence-electron chi connectivity index (χ3n) is 6.31. The maximum absolute atomic E-state index is 13.1. The number of carboxylic acids is 1. The molecule has 2 aliphatic rings. The van der Waals surface area contributed by atoms with Crippen LogP contribution in [0, 0.1) is 11.8 Å². The lowest BCUT2D eigenvalue weighted by Crippen LogP contribution is -2.39. The smallest absolute Gasteiger partial charge is 0.306 e. The van der Waals surface area contributed by atoms with Crippen molar-refractivity contribution < 1.29 is 19.8 Å². The molecule has 0 bridgehead atoms. The van der Waals surface area contributed by atoms with Crippen LogP contribution in [0.2, 0.25) is 5.02 Å². The second-order valence-electron chi connectivity index (χ2n) is 8.36. The van der Waals surface area contributed by atoms with Crippen LogP contribution in [0.5, 0.6) is 0 Å². The number of nitrogens with one attached hydrogen (secondary N) is 2. The van der Waals surface area contributed by atoms with E-state index >= 15 is 0 Å². The molecule has 4 N–H and O–H groups in total. The first kappa shape index (κ1) is 22.1. The summed E-state index contributed by atoms with van der Waals surface area (Å²) in [6, 6.07) is 7.36. The van der Waals surface area contributed by atoms with Gasteiger partial charge in [-0.2, -0.15) is 0 Å². The summed E-state index contributed by atoms with van der Waals surface area (Å²) in [7, 11) is 0. The molecule has 0 spiro atoms. The van der Waals surface area contributed by atoms with E-state index in [-0.39, 0.29) is 11.8 Å². The van der Waals surface area contributed by atoms with Crippen molar-refractivity contribution in [3.63, 3.8) is 0 Å². The summed E-state index contributed by atoms with van der Waals surface area (Å²) in [6.07, 6.45) is 4.78. The Bertz CT molecular complexity index is 976. The van der Waals surface area contributed by atoms with Crippen LogP contribution in [-0.4, -0.2) is 28.3 Å². The van der Waals surface area contributed by atoms with Crippen molar-refractivity contribution in [3.8, 4) is 0 Å². The van der Waals surface area contributed by atoms with Crippen LogP contribution < -0.4 is 10.6 Å². The quantitative estimate of drug-likeness (QED) is 0.456. The van der Waals surface area contributed by atoms with E-state index in [4.69, 9.17) is 11.6 Å². The molecule has 0 aliphatic heterocycles. The summed E-state index contributed by atoms with van der Waals surface area (Å²) < 4.78 is 0. The highest BCUT2D eigenvalue weighted by molar-refractivity contribution is 7.16. The van der Waals surface area contributed by atoms with Gasteiger partial charge in [0.1, 0.15) is 11.2 Å². The molecule has 3 atom stereocenters. The molecule has 3 unspecified atom stereocenters. The van der Waals surface area contributed by atoms with Crippen molar-refractivity contribution in [2.75, 3.05) is 5.32 Å². The van der Waals surface area contributed by atoms with Gasteiger partial charge in [0.05, 0.1) is 11.5 Å². The molecule has 1 saturated carbocycles. The van der Waals surface area contributed by atoms with Crippen molar-refractivity contribution in [3.05, 3.63) is 50.9 Å². The van der Waals surface area contributed by atoms with Gasteiger partial charge in [0.2, 0.25) is 0 Å². The number of rotatable bonds is 7. The zero-order chi connectivity index (χ0) is 22.0. The molecule has 1 aromatic carbocycles. The van der Waals surface area contributed by atoms with Gasteiger partial charge in [0, 0.05) is 22.4 Å². The second-order valence-corrected chi connectivity index (χ2v) is 9.90. The average molecular weight is 463 g/mol. The number of fused-ring (bicyclic) bond motifs is 1. The Balaban J connectivity index is 1.52. The lowest BCUT2D eigenvalue weighted by Gasteiger charge is -2.32. The lowest BCUT2D eigenvalue weighted by atomic mass is 9.78. The third kappa shape index (κ3) is 4.89. The van der Waals surface area contributed by atoms with Crippen LogP contribution in [0.15, 0.2) is 24.3 Å². The van der Waals surface area contributed by atoms with E-state index in [1.807, 2.05) is 18.2 Å². The number of benzene rings is 1. The van der Waals surface area contributed by atoms with Crippen molar-refractivity contribution in [1.29, 1.82) is 0 Å². The summed E-state index contributed by atoms with van der Waals surface area (Å²) in [5, 5.41) is 27.8. The number of anilines is 1. The van der Waals surface area contributed by atoms with Gasteiger partial charge in [-0.25, -0.2) is 0 Å². The molecule has 8 heteroatoms. The zero-order valence-corrected chi connectivity index (χ0v) is 18.8. The molecule has 166 valence electrons. The molecule has 31 heavy (non-hydrogen) atoms. The van der Waals surface area contributed by atoms with Gasteiger partial charge >= 0.3 is 5.97 Å². The molecule has 0 radical (unpaired) electrons. The van der Waals surface area contributed by atoms with Crippen LogP contribution in [-0.2, 0) is 24.2 Å². The summed E-state index contributed by atoms with van der Waals surface area (Å²) >= 11 is 7.54. The number of aryl methyl sites for hydroxylation is 1. The van der Waals surface area contributed by atoms with E-state index in [1.54, 1.807) is 6.07 Å². The van der Waals surface area contributed by atoms with E-state index in [0.717, 1.165) is 43.2 Å². The van der Waals surface area contributed by atoms with Gasteiger partial charge < -0.3 is 20.8 Å². The van der Waals surface area contributed by atoms with Crippen LogP contribution in [0.3, 0.4) is 0 Å². The number of halogens is 1. The van der Waals surface area contributed by atoms with E-state index in [0.29, 0.717) is 35.0 Å². The summed E-state index contributed by atoms with van der Waals surface area (Å²) in [6.45, 7) is 0.357. The first-order valence-corrected chi connectivity index (χ1v) is 12.0. The fourth-order valence-electron chi connectivity index (χ4n) is 4.75. The molecular weight excluding hydrogens is 436 g/mol. The molecule has 1 heterocycles. The van der Waals surface area contributed by atoms with Crippen molar-refractivity contribution in [2.24, 2.45) is 11.8 Å². The fourth-order valence-corrected chi connectivity index (χ4v) is 6.28. The monoisotopic (exact) mass is 462 g/mol. The minimum Gasteiger partial charge on any atom is -0.481 e. The highest BCUT2D eigenvalue weighted by Gasteiger charge is 2.37. The van der Waals surface area contributed by atoms with Crippen molar-refractivity contribution in [1.82, 2.24) is 5.32 Å². The molecule has 2 aliphatic carbocycles. The maximum Gasteiger partial charge on any atom is 0.306 e. The summed E-state index contributed by atoms with van der Waals surface area (Å²) in [4.78, 5) is 25.9. The first-order chi connectivity index (χ1) is 14.9. The molecule has 4 rings (SSSR count). The summed E-state index contributed by atoms with van der Waals surface area (Å²) in [5.74, 6) is -1.99. The third-order valence-corrected chi connectivity index (χ3v) is 7.77. The SMILES string of the molecule is O=C(NCc1cccc(Cl)c1)c1c(NC(O)C2CCCCC2C(=O)O)sc2c1CCC2. The van der Waals surface area contributed by atoms with Crippen LogP contribution in [0.25, 0.3) is 0 Å². The Morgan fingerprint density at radius 3 is 2.77 bits per heavy atom. The first-order valence-electron chi connectivity index (χ1n) is 10.8. The molecule has 1 fully saturated rings. The number of carbonyl (C=O) groups is 2. The van der Waals surface area contributed by atoms with Crippen LogP contribution >= 0.6 is 22.9 Å². The van der Waals surface area contributed by atoms with Gasteiger partial charge in [-0.15, -0.1) is 11.3 Å². The molecule has 2 aromatic rings. The standard InChI is InChI=1S/C23H27ClN2O4S/c24-14-6-3-5-13(11-14)12-25-21(28)19-17-9-4-10-18(17)31-22(19)26-20(27)15-7-1-2-8-16(15)23(29)30/h3,5-6,11,15-16,20,26-27H,1-2,4,7-10,12H2,(H,25,28)(H,29,30). The van der Waals surface area contributed by atoms with Gasteiger partial charge in [-0.05, 0) is 55.4 Å². The number of thiophene rings is 1. The number of carboxylic acid groups (broad SMARTS) is 1. The number of hydrogen-bond donors (Lipinski definition) is 4. The second kappa shape index (κ2) is 9.59. The largest absolute Gasteiger partial charge is 0.481 e. The Hall–Kier alpha value is -2.09. The van der Waals surface area contributed by atoms with E-state index < -0.39 is 18.1 Å². The van der Waals surface area contributed by atoms with Gasteiger partial charge in [-0.3, -0.25) is 9.59 Å². The van der Waals surface area contributed by atoms with Crippen molar-refractivity contribution in [2.45, 2.75) is 57.7 Å². The number of hydrogen-bond acceptors (Lipinski definition) is 5. The normalized spacial score (nSPS) is 21.4. The highest BCUT2D eigenvalue weighted by Crippen LogP contribution is 2.41. The average Bonchev–Trinajstić information content (AvgIpc) is 3.33. The molecule has 1 amide bonds. The van der Waals surface area contributed by atoms with E-state index in [1.165, 1.54) is 16.2 Å². The number of aliphatic carboxylic acids is 1. The molecular formula is C23H27ClN2O4S. The minimum atomic E-state index is -1.00. The Labute approximate surface area is 190 Å².